The third-order valence-corrected chi connectivity index (χ3v) is 5.31. The molecule has 2 aromatic heterocycles. The highest BCUT2D eigenvalue weighted by Crippen LogP contribution is 2.24. The summed E-state index contributed by atoms with van der Waals surface area (Å²) in [6, 6.07) is 17.0. The molecule has 0 saturated carbocycles. The lowest BCUT2D eigenvalue weighted by atomic mass is 10.1. The Morgan fingerprint density at radius 3 is 2.47 bits per heavy atom. The van der Waals surface area contributed by atoms with E-state index in [2.05, 4.69) is 15.4 Å². The molecule has 1 amide bonds. The topological polar surface area (TPSA) is 76.2 Å². The van der Waals surface area contributed by atoms with Crippen molar-refractivity contribution >= 4 is 17.3 Å². The molecule has 4 aromatic rings. The van der Waals surface area contributed by atoms with E-state index in [0.717, 1.165) is 34.1 Å². The van der Waals surface area contributed by atoms with E-state index in [0.29, 0.717) is 23.7 Å². The zero-order chi connectivity index (χ0) is 22.8. The van der Waals surface area contributed by atoms with Crippen LogP contribution in [0.15, 0.2) is 59.0 Å². The highest BCUT2D eigenvalue weighted by molar-refractivity contribution is 6.04. The van der Waals surface area contributed by atoms with Crippen molar-refractivity contribution in [2.24, 2.45) is 0 Å². The smallest absolute Gasteiger partial charge is 0.255 e. The maximum atomic E-state index is 12.6. The fourth-order valence-electron chi connectivity index (χ4n) is 3.50. The number of rotatable bonds is 6. The number of nitrogens with zero attached hydrogens (tertiary/aromatic N) is 4. The quantitative estimate of drug-likeness (QED) is 0.475. The summed E-state index contributed by atoms with van der Waals surface area (Å²) < 4.78 is 7.83. The Morgan fingerprint density at radius 1 is 1.06 bits per heavy atom. The fraction of sp³-hybridized carbons (Fsp3) is 0.240. The van der Waals surface area contributed by atoms with Crippen LogP contribution in [0.3, 0.4) is 0 Å². The van der Waals surface area contributed by atoms with Crippen LogP contribution in [-0.4, -0.2) is 34.8 Å². The Kier molecular flexibility index (Phi) is 5.81. The lowest BCUT2D eigenvalue weighted by Gasteiger charge is -2.13. The maximum absolute atomic E-state index is 12.6. The van der Waals surface area contributed by atoms with E-state index in [-0.39, 0.29) is 5.91 Å². The predicted octanol–water partition coefficient (Wildman–Crippen LogP) is 4.83. The first-order chi connectivity index (χ1) is 15.3. The molecule has 0 aliphatic rings. The van der Waals surface area contributed by atoms with Gasteiger partial charge >= 0.3 is 0 Å². The number of hydrogen-bond acceptors (Lipinski definition) is 5. The summed E-state index contributed by atoms with van der Waals surface area (Å²) in [7, 11) is 3.89. The average molecular weight is 430 g/mol. The second kappa shape index (κ2) is 8.70. The van der Waals surface area contributed by atoms with Gasteiger partial charge in [0.05, 0.1) is 12.2 Å². The highest BCUT2D eigenvalue weighted by Gasteiger charge is 2.14. The minimum absolute atomic E-state index is 0.152. The van der Waals surface area contributed by atoms with E-state index < -0.39 is 0 Å². The number of aromatic nitrogens is 3. The van der Waals surface area contributed by atoms with Crippen LogP contribution in [0, 0.1) is 20.8 Å². The van der Waals surface area contributed by atoms with Gasteiger partial charge in [-0.3, -0.25) is 9.48 Å². The first kappa shape index (κ1) is 21.4. The van der Waals surface area contributed by atoms with Gasteiger partial charge in [0.2, 0.25) is 5.89 Å². The third kappa shape index (κ3) is 4.56. The van der Waals surface area contributed by atoms with E-state index in [1.165, 1.54) is 0 Å². The van der Waals surface area contributed by atoms with Gasteiger partial charge in [-0.25, -0.2) is 4.98 Å². The van der Waals surface area contributed by atoms with Crippen molar-refractivity contribution in [2.75, 3.05) is 24.3 Å². The summed E-state index contributed by atoms with van der Waals surface area (Å²) >= 11 is 0. The van der Waals surface area contributed by atoms with E-state index >= 15 is 0 Å². The molecule has 0 spiro atoms. The van der Waals surface area contributed by atoms with Crippen molar-refractivity contribution in [2.45, 2.75) is 27.3 Å². The van der Waals surface area contributed by atoms with Gasteiger partial charge in [0.15, 0.2) is 0 Å². The molecule has 0 unspecified atom stereocenters. The number of carbonyl (C=O) groups is 1. The number of nitrogens with one attached hydrogen (secondary N) is 1. The standard InChI is InChI=1S/C25H27N5O2/c1-16-13-17(2)30(28-16)15-23-18(3)32-25(27-23)19-9-11-21(12-10-19)26-24(31)20-7-6-8-22(14-20)29(4)5/h6-14H,15H2,1-5H3,(H,26,31). The molecular formula is C25H27N5O2. The Balaban J connectivity index is 1.47. The lowest BCUT2D eigenvalue weighted by molar-refractivity contribution is 0.102. The van der Waals surface area contributed by atoms with Crippen molar-refractivity contribution in [1.29, 1.82) is 0 Å². The Morgan fingerprint density at radius 2 is 1.81 bits per heavy atom. The number of hydrogen-bond donors (Lipinski definition) is 1. The second-order valence-corrected chi connectivity index (χ2v) is 8.08. The number of oxazole rings is 1. The summed E-state index contributed by atoms with van der Waals surface area (Å²) in [6.45, 7) is 6.48. The van der Waals surface area contributed by atoms with Crippen LogP contribution in [-0.2, 0) is 6.54 Å². The summed E-state index contributed by atoms with van der Waals surface area (Å²) in [5, 5.41) is 7.44. The van der Waals surface area contributed by atoms with Crippen LogP contribution in [0.2, 0.25) is 0 Å². The molecule has 2 aromatic carbocycles. The van der Waals surface area contributed by atoms with Crippen LogP contribution in [0.1, 0.15) is 33.2 Å². The van der Waals surface area contributed by atoms with Crippen LogP contribution >= 0.6 is 0 Å². The molecule has 0 aliphatic carbocycles. The van der Waals surface area contributed by atoms with Crippen molar-refractivity contribution < 1.29 is 9.21 Å². The summed E-state index contributed by atoms with van der Waals surface area (Å²) in [6.07, 6.45) is 0. The minimum atomic E-state index is -0.152. The first-order valence-electron chi connectivity index (χ1n) is 10.5. The molecule has 7 nitrogen and oxygen atoms in total. The Labute approximate surface area is 187 Å². The fourth-order valence-corrected chi connectivity index (χ4v) is 3.50. The molecule has 0 fully saturated rings. The van der Waals surface area contributed by atoms with Gasteiger partial charge in [-0.1, -0.05) is 6.07 Å². The summed E-state index contributed by atoms with van der Waals surface area (Å²) in [5.74, 6) is 1.17. The number of anilines is 2. The summed E-state index contributed by atoms with van der Waals surface area (Å²) in [4.78, 5) is 19.3. The molecule has 32 heavy (non-hydrogen) atoms. The maximum Gasteiger partial charge on any atom is 0.255 e. The Hall–Kier alpha value is -3.87. The van der Waals surface area contributed by atoms with Gasteiger partial charge in [-0.2, -0.15) is 5.10 Å². The van der Waals surface area contributed by atoms with Gasteiger partial charge in [-0.15, -0.1) is 0 Å². The summed E-state index contributed by atoms with van der Waals surface area (Å²) in [5.41, 5.74) is 6.06. The van der Waals surface area contributed by atoms with E-state index in [1.54, 1.807) is 6.07 Å². The molecule has 0 atom stereocenters. The van der Waals surface area contributed by atoms with Crippen molar-refractivity contribution in [3.63, 3.8) is 0 Å². The molecule has 0 radical (unpaired) electrons. The van der Waals surface area contributed by atoms with Gasteiger partial charge in [0.1, 0.15) is 11.5 Å². The highest BCUT2D eigenvalue weighted by atomic mass is 16.4. The van der Waals surface area contributed by atoms with Gasteiger partial charge in [0.25, 0.3) is 5.91 Å². The van der Waals surface area contributed by atoms with Gasteiger partial charge < -0.3 is 14.6 Å². The van der Waals surface area contributed by atoms with Gasteiger partial charge in [-0.05, 0) is 69.3 Å². The number of carbonyl (C=O) groups excluding carboxylic acids is 1. The van der Waals surface area contributed by atoms with Crippen molar-refractivity contribution in [1.82, 2.24) is 14.8 Å². The van der Waals surface area contributed by atoms with Crippen molar-refractivity contribution in [3.8, 4) is 11.5 Å². The molecule has 0 bridgehead atoms. The largest absolute Gasteiger partial charge is 0.441 e. The normalized spacial score (nSPS) is 10.9. The molecule has 0 saturated heterocycles. The Bertz CT molecular complexity index is 1250. The SMILES string of the molecule is Cc1cc(C)n(Cc2nc(-c3ccc(NC(=O)c4cccc(N(C)C)c4)cc3)oc2C)n1. The van der Waals surface area contributed by atoms with Crippen LogP contribution < -0.4 is 10.2 Å². The molecule has 164 valence electrons. The first-order valence-corrected chi connectivity index (χ1v) is 10.5. The van der Waals surface area contributed by atoms with E-state index in [9.17, 15) is 4.79 Å². The van der Waals surface area contributed by atoms with Crippen LogP contribution in [0.4, 0.5) is 11.4 Å². The van der Waals surface area contributed by atoms with Crippen LogP contribution in [0.5, 0.6) is 0 Å². The average Bonchev–Trinajstić information content (AvgIpc) is 3.29. The number of amides is 1. The molecule has 0 aliphatic heterocycles. The van der Waals surface area contributed by atoms with Crippen LogP contribution in [0.25, 0.3) is 11.5 Å². The lowest BCUT2D eigenvalue weighted by Crippen LogP contribution is -2.14. The molecular weight excluding hydrogens is 402 g/mol. The zero-order valence-electron chi connectivity index (χ0n) is 19.0. The number of benzene rings is 2. The monoisotopic (exact) mass is 429 g/mol. The molecule has 7 heteroatoms. The van der Waals surface area contributed by atoms with Crippen molar-refractivity contribution in [3.05, 3.63) is 83.0 Å². The third-order valence-electron chi connectivity index (χ3n) is 5.31. The molecule has 4 rings (SSSR count). The van der Waals surface area contributed by atoms with E-state index in [1.807, 2.05) is 93.0 Å². The number of aryl methyl sites for hydroxylation is 3. The second-order valence-electron chi connectivity index (χ2n) is 8.08. The molecule has 1 N–H and O–H groups in total. The minimum Gasteiger partial charge on any atom is -0.441 e. The zero-order valence-corrected chi connectivity index (χ0v) is 19.0. The van der Waals surface area contributed by atoms with E-state index in [4.69, 9.17) is 4.42 Å². The molecule has 2 heterocycles. The predicted molar refractivity (Wildman–Crippen MR) is 126 cm³/mol. The van der Waals surface area contributed by atoms with Gasteiger partial charge in [0, 0.05) is 42.3 Å².